The minimum absolute atomic E-state index is 0.0210. The molecule has 3 aromatic rings. The number of pyridine rings is 1. The van der Waals surface area contributed by atoms with Gasteiger partial charge >= 0.3 is 0 Å². The summed E-state index contributed by atoms with van der Waals surface area (Å²) < 4.78 is 12.9. The number of carbonyl (C=O) groups excluding carboxylic acids is 1. The largest absolute Gasteiger partial charge is 0.392 e. The van der Waals surface area contributed by atoms with Crippen LogP contribution < -0.4 is 5.32 Å². The van der Waals surface area contributed by atoms with Crippen molar-refractivity contribution in [2.45, 2.75) is 140 Å². The number of ether oxygens (including phenoxy) is 2. The summed E-state index contributed by atoms with van der Waals surface area (Å²) in [7, 11) is 0. The molecule has 1 aromatic heterocycles. The molecule has 0 spiro atoms. The van der Waals surface area contributed by atoms with Gasteiger partial charge in [0.1, 0.15) is 0 Å². The molecule has 1 aliphatic heterocycles. The minimum Gasteiger partial charge on any atom is -0.392 e. The highest BCUT2D eigenvalue weighted by Crippen LogP contribution is 2.39. The molecule has 1 aliphatic rings. The van der Waals surface area contributed by atoms with E-state index in [1.807, 2.05) is 72.9 Å². The number of amides is 1. The van der Waals surface area contributed by atoms with Crippen molar-refractivity contribution in [2.75, 3.05) is 5.75 Å². The van der Waals surface area contributed by atoms with E-state index in [0.29, 0.717) is 13.0 Å². The molecule has 3 atom stereocenters. The van der Waals surface area contributed by atoms with Gasteiger partial charge in [-0.1, -0.05) is 139 Å². The lowest BCUT2D eigenvalue weighted by atomic mass is 10.0. The first-order valence-corrected chi connectivity index (χ1v) is 19.0. The lowest BCUT2D eigenvalue weighted by molar-refractivity contribution is -0.245. The number of benzene rings is 2. The van der Waals surface area contributed by atoms with Gasteiger partial charge in [0.25, 0.3) is 0 Å². The standard InChI is InChI=1S/C40H56N2O4S/c1-2-3-4-5-6-7-8-9-10-11-12-13-14-17-38(44)42-29-32-19-25-35(26-20-32)40-45-36(31-47-39-18-15-16-27-41-39)28-37(46-40)34-23-21-33(30-43)22-24-34/h15-16,18-27,36-37,40,43H,2-14,17,28-31H2,1H3,(H,42,44)/t36-,37+,40?/m0/s1. The second kappa shape index (κ2) is 22.0. The Labute approximate surface area is 287 Å². The quantitative estimate of drug-likeness (QED) is 0.0825. The van der Waals surface area contributed by atoms with E-state index >= 15 is 0 Å². The second-order valence-corrected chi connectivity index (χ2v) is 13.9. The molecule has 2 N–H and O–H groups in total. The maximum absolute atomic E-state index is 12.5. The average Bonchev–Trinajstić information content (AvgIpc) is 3.12. The van der Waals surface area contributed by atoms with Gasteiger partial charge in [0.05, 0.1) is 23.8 Å². The van der Waals surface area contributed by atoms with E-state index in [1.54, 1.807) is 11.8 Å². The van der Waals surface area contributed by atoms with Crippen molar-refractivity contribution < 1.29 is 19.4 Å². The van der Waals surface area contributed by atoms with Crippen molar-refractivity contribution in [2.24, 2.45) is 0 Å². The third-order valence-corrected chi connectivity index (χ3v) is 9.99. The van der Waals surface area contributed by atoms with Crippen molar-refractivity contribution in [3.8, 4) is 0 Å². The molecule has 0 bridgehead atoms. The monoisotopic (exact) mass is 660 g/mol. The first-order valence-electron chi connectivity index (χ1n) is 18.0. The summed E-state index contributed by atoms with van der Waals surface area (Å²) in [6.45, 7) is 2.81. The van der Waals surface area contributed by atoms with E-state index in [1.165, 1.54) is 70.6 Å². The summed E-state index contributed by atoms with van der Waals surface area (Å²) in [5.74, 6) is 0.894. The smallest absolute Gasteiger partial charge is 0.220 e. The number of aliphatic hydroxyl groups excluding tert-OH is 1. The van der Waals surface area contributed by atoms with Crippen molar-refractivity contribution in [1.82, 2.24) is 10.3 Å². The summed E-state index contributed by atoms with van der Waals surface area (Å²) in [5.41, 5.74) is 3.97. The van der Waals surface area contributed by atoms with Crippen molar-refractivity contribution in [3.05, 3.63) is 95.2 Å². The number of hydrogen-bond acceptors (Lipinski definition) is 6. The van der Waals surface area contributed by atoms with Crippen LogP contribution in [0, 0.1) is 0 Å². The van der Waals surface area contributed by atoms with Crippen LogP contribution in [0.2, 0.25) is 0 Å². The molecule has 1 saturated heterocycles. The number of hydrogen-bond donors (Lipinski definition) is 2. The molecule has 7 heteroatoms. The fraction of sp³-hybridized carbons (Fsp3) is 0.550. The topological polar surface area (TPSA) is 80.7 Å². The molecule has 1 amide bonds. The van der Waals surface area contributed by atoms with Gasteiger partial charge in [0, 0.05) is 36.9 Å². The van der Waals surface area contributed by atoms with E-state index < -0.39 is 6.29 Å². The number of nitrogens with zero attached hydrogens (tertiary/aromatic N) is 1. The first kappa shape index (κ1) is 37.1. The molecule has 1 fully saturated rings. The van der Waals surface area contributed by atoms with Crippen LogP contribution in [0.4, 0.5) is 0 Å². The Hall–Kier alpha value is -2.71. The molecule has 6 nitrogen and oxygen atoms in total. The Kier molecular flexibility index (Phi) is 17.4. The van der Waals surface area contributed by atoms with Gasteiger partial charge in [-0.2, -0.15) is 0 Å². The highest BCUT2D eigenvalue weighted by atomic mass is 32.2. The maximum Gasteiger partial charge on any atom is 0.220 e. The number of aliphatic hydroxyl groups is 1. The number of aromatic nitrogens is 1. The van der Waals surface area contributed by atoms with Crippen LogP contribution >= 0.6 is 11.8 Å². The average molecular weight is 661 g/mol. The maximum atomic E-state index is 12.5. The lowest BCUT2D eigenvalue weighted by Gasteiger charge is -2.36. The fourth-order valence-corrected chi connectivity index (χ4v) is 6.90. The summed E-state index contributed by atoms with van der Waals surface area (Å²) in [6.07, 6.45) is 19.5. The van der Waals surface area contributed by atoms with Gasteiger partial charge in [-0.05, 0) is 35.2 Å². The molecule has 0 saturated carbocycles. The first-order chi connectivity index (χ1) is 23.1. The van der Waals surface area contributed by atoms with Gasteiger partial charge < -0.3 is 19.9 Å². The number of rotatable bonds is 22. The normalized spacial score (nSPS) is 17.9. The third kappa shape index (κ3) is 14.1. The number of unbranched alkanes of at least 4 members (excludes halogenated alkanes) is 12. The van der Waals surface area contributed by atoms with Gasteiger partial charge in [0.15, 0.2) is 6.29 Å². The van der Waals surface area contributed by atoms with Crippen molar-refractivity contribution in [3.63, 3.8) is 0 Å². The number of nitrogens with one attached hydrogen (secondary N) is 1. The number of carbonyl (C=O) groups is 1. The Bertz CT molecular complexity index is 1260. The highest BCUT2D eigenvalue weighted by Gasteiger charge is 2.32. The second-order valence-electron chi connectivity index (χ2n) is 12.8. The summed E-state index contributed by atoms with van der Waals surface area (Å²) in [6, 6.07) is 22.1. The molecular formula is C40H56N2O4S. The summed E-state index contributed by atoms with van der Waals surface area (Å²) in [4.78, 5) is 16.9. The van der Waals surface area contributed by atoms with Crippen LogP contribution in [0.3, 0.4) is 0 Å². The van der Waals surface area contributed by atoms with Gasteiger partial charge in [-0.25, -0.2) is 4.98 Å². The zero-order valence-electron chi connectivity index (χ0n) is 28.4. The van der Waals surface area contributed by atoms with Crippen LogP contribution in [0.5, 0.6) is 0 Å². The molecule has 4 rings (SSSR count). The predicted molar refractivity (Wildman–Crippen MR) is 192 cm³/mol. The van der Waals surface area contributed by atoms with Crippen molar-refractivity contribution >= 4 is 17.7 Å². The fourth-order valence-electron chi connectivity index (χ4n) is 6.02. The molecular weight excluding hydrogens is 605 g/mol. The van der Waals surface area contributed by atoms with Gasteiger partial charge in [0.2, 0.25) is 5.91 Å². The lowest BCUT2D eigenvalue weighted by Crippen LogP contribution is -2.31. The zero-order chi connectivity index (χ0) is 32.9. The summed E-state index contributed by atoms with van der Waals surface area (Å²) >= 11 is 1.69. The summed E-state index contributed by atoms with van der Waals surface area (Å²) in [5, 5.41) is 13.5. The van der Waals surface area contributed by atoms with Crippen LogP contribution in [0.1, 0.15) is 138 Å². The van der Waals surface area contributed by atoms with Crippen LogP contribution in [-0.4, -0.2) is 27.9 Å². The van der Waals surface area contributed by atoms with Crippen LogP contribution in [0.25, 0.3) is 0 Å². The highest BCUT2D eigenvalue weighted by molar-refractivity contribution is 7.99. The molecule has 256 valence electrons. The SMILES string of the molecule is CCCCCCCCCCCCCCCC(=O)NCc1ccc(C2O[C@H](CSc3ccccn3)C[C@H](c3ccc(CO)cc3)O2)cc1. The Morgan fingerprint density at radius 2 is 1.40 bits per heavy atom. The molecule has 1 unspecified atom stereocenters. The van der Waals surface area contributed by atoms with E-state index in [-0.39, 0.29) is 24.7 Å². The predicted octanol–water partition coefficient (Wildman–Crippen LogP) is 10.0. The molecule has 47 heavy (non-hydrogen) atoms. The van der Waals surface area contributed by atoms with Crippen LogP contribution in [-0.2, 0) is 27.4 Å². The number of thioether (sulfide) groups is 1. The Balaban J connectivity index is 1.17. The van der Waals surface area contributed by atoms with E-state index in [0.717, 1.165) is 52.3 Å². The Morgan fingerprint density at radius 3 is 2.02 bits per heavy atom. The van der Waals surface area contributed by atoms with Gasteiger partial charge in [-0.15, -0.1) is 11.8 Å². The third-order valence-electron chi connectivity index (χ3n) is 8.92. The van der Waals surface area contributed by atoms with Gasteiger partial charge in [-0.3, -0.25) is 4.79 Å². The van der Waals surface area contributed by atoms with Crippen molar-refractivity contribution in [1.29, 1.82) is 0 Å². The van der Waals surface area contributed by atoms with E-state index in [9.17, 15) is 9.90 Å². The Morgan fingerprint density at radius 1 is 0.787 bits per heavy atom. The van der Waals surface area contributed by atoms with E-state index in [4.69, 9.17) is 9.47 Å². The molecule has 2 heterocycles. The molecule has 0 aliphatic carbocycles. The van der Waals surface area contributed by atoms with E-state index in [2.05, 4.69) is 17.2 Å². The van der Waals surface area contributed by atoms with Crippen LogP contribution in [0.15, 0.2) is 78.0 Å². The zero-order valence-corrected chi connectivity index (χ0v) is 29.2. The molecule has 2 aromatic carbocycles. The molecule has 0 radical (unpaired) electrons. The minimum atomic E-state index is -0.500.